The van der Waals surface area contributed by atoms with E-state index in [9.17, 15) is 0 Å². The molecule has 0 atom stereocenters. The first kappa shape index (κ1) is 10.9. The number of hydrogen-bond acceptors (Lipinski definition) is 3. The maximum Gasteiger partial charge on any atom is 0.0899 e. The van der Waals surface area contributed by atoms with Crippen molar-refractivity contribution in [1.82, 2.24) is 9.97 Å². The molecule has 1 aromatic heterocycles. The van der Waals surface area contributed by atoms with Crippen molar-refractivity contribution in [3.8, 4) is 11.8 Å². The summed E-state index contributed by atoms with van der Waals surface area (Å²) in [5, 5.41) is 3.41. The highest BCUT2D eigenvalue weighted by Gasteiger charge is 1.94. The van der Waals surface area contributed by atoms with Gasteiger partial charge in [-0.25, -0.2) is 0 Å². The second-order valence-electron chi connectivity index (χ2n) is 3.27. The van der Waals surface area contributed by atoms with Crippen LogP contribution < -0.4 is 0 Å². The maximum atomic E-state index is 8.10. The third kappa shape index (κ3) is 2.94. The van der Waals surface area contributed by atoms with E-state index in [1.165, 1.54) is 0 Å². The maximum absolute atomic E-state index is 8.10. The van der Waals surface area contributed by atoms with Gasteiger partial charge in [-0.3, -0.25) is 9.97 Å². The van der Waals surface area contributed by atoms with Gasteiger partial charge in [0.15, 0.2) is 0 Å². The van der Waals surface area contributed by atoms with Crippen LogP contribution >= 0.6 is 0 Å². The first-order chi connectivity index (χ1) is 8.40. The highest BCUT2D eigenvalue weighted by atomic mass is 15.1. The predicted molar refractivity (Wildman–Crippen MR) is 65.0 cm³/mol. The van der Waals surface area contributed by atoms with Gasteiger partial charge in [0.1, 0.15) is 0 Å². The fourth-order valence-electron chi connectivity index (χ4n) is 1.36. The molecule has 17 heavy (non-hydrogen) atoms. The lowest BCUT2D eigenvalue weighted by molar-refractivity contribution is 1.01. The summed E-state index contributed by atoms with van der Waals surface area (Å²) in [6, 6.07) is 5.68. The first-order valence-corrected chi connectivity index (χ1v) is 5.10. The lowest BCUT2D eigenvalue weighted by Gasteiger charge is -1.95. The second kappa shape index (κ2) is 5.50. The number of azide groups is 1. The van der Waals surface area contributed by atoms with Crippen molar-refractivity contribution < 1.29 is 0 Å². The molecule has 2 rings (SSSR count). The van der Waals surface area contributed by atoms with Crippen LogP contribution in [0.2, 0.25) is 0 Å². The van der Waals surface area contributed by atoms with E-state index in [4.69, 9.17) is 5.53 Å². The Balaban J connectivity index is 2.16. The predicted octanol–water partition coefficient (Wildman–Crippen LogP) is 2.68. The van der Waals surface area contributed by atoms with E-state index in [-0.39, 0.29) is 0 Å². The Labute approximate surface area is 98.1 Å². The molecule has 0 fully saturated rings. The molecule has 0 aliphatic heterocycles. The molecule has 0 spiro atoms. The molecule has 5 nitrogen and oxygen atoms in total. The molecule has 0 radical (unpaired) electrons. The Hall–Kier alpha value is -2.57. The first-order valence-electron chi connectivity index (χ1n) is 5.10. The minimum absolute atomic E-state index is 0.400. The fraction of sp³-hybridized carbons (Fsp3) is 0.167. The molecule has 0 saturated carbocycles. The van der Waals surface area contributed by atoms with Crippen LogP contribution in [0.5, 0.6) is 0 Å². The SMILES string of the molecule is [N-]=[N+]=NCCC#Cc1ccc2nccnc2c1. The van der Waals surface area contributed by atoms with Gasteiger partial charge in [0.2, 0.25) is 0 Å². The second-order valence-corrected chi connectivity index (χ2v) is 3.27. The van der Waals surface area contributed by atoms with E-state index in [1.54, 1.807) is 12.4 Å². The van der Waals surface area contributed by atoms with Gasteiger partial charge in [-0.15, -0.1) is 0 Å². The Bertz CT molecular complexity index is 632. The van der Waals surface area contributed by atoms with Gasteiger partial charge < -0.3 is 0 Å². The number of nitrogens with zero attached hydrogens (tertiary/aromatic N) is 5. The van der Waals surface area contributed by atoms with Crippen molar-refractivity contribution >= 4 is 11.0 Å². The van der Waals surface area contributed by atoms with Crippen LogP contribution in [0.25, 0.3) is 21.5 Å². The summed E-state index contributed by atoms with van der Waals surface area (Å²) in [5.41, 5.74) is 10.7. The Morgan fingerprint density at radius 3 is 2.88 bits per heavy atom. The molecule has 5 heteroatoms. The molecular weight excluding hydrogens is 214 g/mol. The van der Waals surface area contributed by atoms with Crippen molar-refractivity contribution in [3.05, 3.63) is 46.6 Å². The van der Waals surface area contributed by atoms with Crippen LogP contribution in [0.4, 0.5) is 0 Å². The van der Waals surface area contributed by atoms with Gasteiger partial charge >= 0.3 is 0 Å². The molecule has 1 heterocycles. The van der Waals surface area contributed by atoms with Crippen LogP contribution in [0, 0.1) is 11.8 Å². The average molecular weight is 223 g/mol. The van der Waals surface area contributed by atoms with Crippen LogP contribution in [0.3, 0.4) is 0 Å². The Morgan fingerprint density at radius 2 is 2.06 bits per heavy atom. The quantitative estimate of drug-likeness (QED) is 0.258. The highest BCUT2D eigenvalue weighted by molar-refractivity contribution is 5.75. The van der Waals surface area contributed by atoms with Gasteiger partial charge in [0.05, 0.1) is 11.0 Å². The van der Waals surface area contributed by atoms with E-state index in [1.807, 2.05) is 18.2 Å². The van der Waals surface area contributed by atoms with Gasteiger partial charge in [-0.1, -0.05) is 17.0 Å². The lowest BCUT2D eigenvalue weighted by atomic mass is 10.2. The largest absolute Gasteiger partial charge is 0.253 e. The molecule has 0 aliphatic rings. The van der Waals surface area contributed by atoms with Gasteiger partial charge in [0.25, 0.3) is 0 Å². The van der Waals surface area contributed by atoms with E-state index in [0.717, 1.165) is 16.6 Å². The smallest absolute Gasteiger partial charge is 0.0899 e. The molecule has 2 aromatic rings. The van der Waals surface area contributed by atoms with Crippen molar-refractivity contribution in [1.29, 1.82) is 0 Å². The molecule has 0 aliphatic carbocycles. The van der Waals surface area contributed by atoms with Crippen molar-refractivity contribution in [3.63, 3.8) is 0 Å². The zero-order valence-electron chi connectivity index (χ0n) is 9.04. The summed E-state index contributed by atoms with van der Waals surface area (Å²) >= 11 is 0. The lowest BCUT2D eigenvalue weighted by Crippen LogP contribution is -1.83. The zero-order chi connectivity index (χ0) is 11.9. The van der Waals surface area contributed by atoms with Crippen LogP contribution in [-0.2, 0) is 0 Å². The number of fused-ring (bicyclic) bond motifs is 1. The van der Waals surface area contributed by atoms with E-state index >= 15 is 0 Å². The molecule has 0 unspecified atom stereocenters. The summed E-state index contributed by atoms with van der Waals surface area (Å²) in [7, 11) is 0. The molecule has 0 bridgehead atoms. The summed E-state index contributed by atoms with van der Waals surface area (Å²) in [4.78, 5) is 11.0. The van der Waals surface area contributed by atoms with E-state index < -0.39 is 0 Å². The molecular formula is C12H9N5. The minimum Gasteiger partial charge on any atom is -0.253 e. The molecule has 1 aromatic carbocycles. The average Bonchev–Trinajstić information content (AvgIpc) is 2.38. The fourth-order valence-corrected chi connectivity index (χ4v) is 1.36. The van der Waals surface area contributed by atoms with E-state index in [0.29, 0.717) is 13.0 Å². The molecule has 0 amide bonds. The number of aromatic nitrogens is 2. The van der Waals surface area contributed by atoms with Crippen molar-refractivity contribution in [2.45, 2.75) is 6.42 Å². The third-order valence-corrected chi connectivity index (χ3v) is 2.10. The molecule has 0 saturated heterocycles. The van der Waals surface area contributed by atoms with Gasteiger partial charge in [-0.2, -0.15) is 0 Å². The highest BCUT2D eigenvalue weighted by Crippen LogP contribution is 2.09. The van der Waals surface area contributed by atoms with Crippen LogP contribution in [0.15, 0.2) is 35.7 Å². The van der Waals surface area contributed by atoms with Crippen molar-refractivity contribution in [2.24, 2.45) is 5.11 Å². The van der Waals surface area contributed by atoms with Gasteiger partial charge in [-0.05, 0) is 23.7 Å². The standard InChI is InChI=1S/C12H9N5/c13-17-16-6-2-1-3-10-4-5-11-12(9-10)15-8-7-14-11/h4-5,7-9H,2,6H2. The Kier molecular flexibility index (Phi) is 3.53. The molecule has 0 N–H and O–H groups in total. The monoisotopic (exact) mass is 223 g/mol. The van der Waals surface area contributed by atoms with Crippen LogP contribution in [-0.4, -0.2) is 16.5 Å². The Morgan fingerprint density at radius 1 is 1.24 bits per heavy atom. The summed E-state index contributed by atoms with van der Waals surface area (Å²) in [5.74, 6) is 5.93. The molecule has 82 valence electrons. The number of hydrogen-bond donors (Lipinski definition) is 0. The summed E-state index contributed by atoms with van der Waals surface area (Å²) in [6.45, 7) is 0.400. The van der Waals surface area contributed by atoms with Gasteiger partial charge in [0, 0.05) is 35.8 Å². The number of rotatable bonds is 2. The van der Waals surface area contributed by atoms with Crippen LogP contribution in [0.1, 0.15) is 12.0 Å². The van der Waals surface area contributed by atoms with E-state index in [2.05, 4.69) is 31.8 Å². The topological polar surface area (TPSA) is 74.5 Å². The van der Waals surface area contributed by atoms with Crippen molar-refractivity contribution in [2.75, 3.05) is 6.54 Å². The minimum atomic E-state index is 0.400. The normalized spacial score (nSPS) is 9.18. The summed E-state index contributed by atoms with van der Waals surface area (Å²) in [6.07, 6.45) is 3.87. The number of benzene rings is 1. The summed E-state index contributed by atoms with van der Waals surface area (Å²) < 4.78 is 0. The zero-order valence-corrected chi connectivity index (χ0v) is 9.04. The third-order valence-electron chi connectivity index (χ3n) is 2.10.